The molecule has 0 aliphatic carbocycles. The summed E-state index contributed by atoms with van der Waals surface area (Å²) < 4.78 is 0. The number of hydrogen-bond acceptors (Lipinski definition) is 5. The molecular formula is C32H26N4O2S. The first-order valence-corrected chi connectivity index (χ1v) is 13.5. The topological polar surface area (TPSA) is 94.0 Å². The standard InChI is InChI=1S/C32H26N4O2S/c1-21-29(31(38)35-24-15-6-3-7-16-24)30(23-12-4-2-5-13-23)26(19-33)32(34-21)39-20-28(37)36-27-18-10-14-22-11-8-9-17-25(22)27/h2-18,30,34H,20H2,1H3,(H,35,38)(H,36,37)/t30-/m0/s1. The van der Waals surface area contributed by atoms with E-state index in [4.69, 9.17) is 0 Å². The molecule has 0 bridgehead atoms. The third kappa shape index (κ3) is 5.71. The van der Waals surface area contributed by atoms with Crippen LogP contribution in [0.25, 0.3) is 10.8 Å². The number of anilines is 2. The summed E-state index contributed by atoms with van der Waals surface area (Å²) in [5.41, 5.74) is 3.73. The molecule has 3 N–H and O–H groups in total. The number of nitrogens with one attached hydrogen (secondary N) is 3. The van der Waals surface area contributed by atoms with Crippen molar-refractivity contribution < 1.29 is 9.59 Å². The van der Waals surface area contributed by atoms with E-state index in [0.29, 0.717) is 27.6 Å². The van der Waals surface area contributed by atoms with Gasteiger partial charge in [0.15, 0.2) is 0 Å². The fraction of sp³-hybridized carbons (Fsp3) is 0.0938. The van der Waals surface area contributed by atoms with Crippen molar-refractivity contribution >= 4 is 45.7 Å². The summed E-state index contributed by atoms with van der Waals surface area (Å²) in [5, 5.41) is 22.0. The predicted octanol–water partition coefficient (Wildman–Crippen LogP) is 6.55. The van der Waals surface area contributed by atoms with E-state index in [-0.39, 0.29) is 17.6 Å². The minimum Gasteiger partial charge on any atom is -0.353 e. The average molecular weight is 531 g/mol. The van der Waals surface area contributed by atoms with E-state index in [1.165, 1.54) is 11.8 Å². The summed E-state index contributed by atoms with van der Waals surface area (Å²) in [6.45, 7) is 1.82. The molecule has 1 aliphatic rings. The van der Waals surface area contributed by atoms with Gasteiger partial charge in [-0.05, 0) is 36.1 Å². The Balaban J connectivity index is 1.40. The molecule has 0 unspecified atom stereocenters. The third-order valence-electron chi connectivity index (χ3n) is 6.47. The van der Waals surface area contributed by atoms with Gasteiger partial charge >= 0.3 is 0 Å². The summed E-state index contributed by atoms with van der Waals surface area (Å²) in [5.74, 6) is -0.958. The van der Waals surface area contributed by atoms with Gasteiger partial charge in [-0.25, -0.2) is 0 Å². The summed E-state index contributed by atoms with van der Waals surface area (Å²) in [7, 11) is 0. The lowest BCUT2D eigenvalue weighted by Crippen LogP contribution is -2.31. The number of hydrogen-bond donors (Lipinski definition) is 3. The molecule has 5 rings (SSSR count). The Hall–Kier alpha value is -4.80. The number of allylic oxidation sites excluding steroid dienone is 2. The molecule has 6 nitrogen and oxygen atoms in total. The molecule has 0 aromatic heterocycles. The third-order valence-corrected chi connectivity index (χ3v) is 7.49. The average Bonchev–Trinajstić information content (AvgIpc) is 2.96. The number of fused-ring (bicyclic) bond motifs is 1. The molecule has 1 atom stereocenters. The lowest BCUT2D eigenvalue weighted by molar-refractivity contribution is -0.114. The van der Waals surface area contributed by atoms with Crippen molar-refractivity contribution in [2.24, 2.45) is 0 Å². The maximum Gasteiger partial charge on any atom is 0.254 e. The molecule has 1 aliphatic heterocycles. The molecule has 192 valence electrons. The second-order valence-electron chi connectivity index (χ2n) is 9.05. The molecule has 2 amide bonds. The highest BCUT2D eigenvalue weighted by Crippen LogP contribution is 2.41. The van der Waals surface area contributed by atoms with Gasteiger partial charge in [0.1, 0.15) is 0 Å². The lowest BCUT2D eigenvalue weighted by Gasteiger charge is -2.30. The Morgan fingerprint density at radius 3 is 2.28 bits per heavy atom. The van der Waals surface area contributed by atoms with Gasteiger partial charge in [-0.3, -0.25) is 9.59 Å². The number of carbonyl (C=O) groups is 2. The van der Waals surface area contributed by atoms with Gasteiger partial charge in [0, 0.05) is 28.0 Å². The van der Waals surface area contributed by atoms with Crippen LogP contribution in [0.15, 0.2) is 125 Å². The highest BCUT2D eigenvalue weighted by Gasteiger charge is 2.34. The van der Waals surface area contributed by atoms with Crippen molar-refractivity contribution in [2.75, 3.05) is 16.4 Å². The minimum atomic E-state index is -0.579. The van der Waals surface area contributed by atoms with Gasteiger partial charge in [0.05, 0.1) is 28.3 Å². The molecule has 0 saturated carbocycles. The lowest BCUT2D eigenvalue weighted by atomic mass is 9.82. The highest BCUT2D eigenvalue weighted by atomic mass is 32.2. The minimum absolute atomic E-state index is 0.0943. The van der Waals surface area contributed by atoms with Crippen LogP contribution in [-0.2, 0) is 9.59 Å². The monoisotopic (exact) mass is 530 g/mol. The second-order valence-corrected chi connectivity index (χ2v) is 10.0. The van der Waals surface area contributed by atoms with Crippen molar-refractivity contribution in [2.45, 2.75) is 12.8 Å². The van der Waals surface area contributed by atoms with Crippen LogP contribution in [0, 0.1) is 11.3 Å². The quantitative estimate of drug-likeness (QED) is 0.252. The molecule has 4 aromatic rings. The number of dihydropyridines is 1. The zero-order valence-corrected chi connectivity index (χ0v) is 22.1. The number of para-hydroxylation sites is 1. The van der Waals surface area contributed by atoms with Crippen molar-refractivity contribution in [3.63, 3.8) is 0 Å². The van der Waals surface area contributed by atoms with Gasteiger partial charge in [-0.2, -0.15) is 5.26 Å². The first-order valence-electron chi connectivity index (χ1n) is 12.5. The molecule has 39 heavy (non-hydrogen) atoms. The molecular weight excluding hydrogens is 504 g/mol. The molecule has 0 fully saturated rings. The summed E-state index contributed by atoms with van der Waals surface area (Å²) in [6.07, 6.45) is 0. The van der Waals surface area contributed by atoms with E-state index < -0.39 is 5.92 Å². The largest absolute Gasteiger partial charge is 0.353 e. The predicted molar refractivity (Wildman–Crippen MR) is 158 cm³/mol. The Kier molecular flexibility index (Phi) is 7.76. The van der Waals surface area contributed by atoms with Gasteiger partial charge in [0.25, 0.3) is 5.91 Å². The number of thioether (sulfide) groups is 1. The van der Waals surface area contributed by atoms with E-state index in [1.54, 1.807) is 0 Å². The SMILES string of the molecule is CC1=C(C(=O)Nc2ccccc2)[C@@H](c2ccccc2)C(C#N)=C(SCC(=O)Nc2cccc3ccccc23)N1. The molecule has 0 spiro atoms. The number of nitriles is 1. The normalized spacial score (nSPS) is 14.9. The van der Waals surface area contributed by atoms with Crippen molar-refractivity contribution in [3.05, 3.63) is 131 Å². The van der Waals surface area contributed by atoms with E-state index in [1.807, 2.05) is 110 Å². The zero-order chi connectivity index (χ0) is 27.2. The van der Waals surface area contributed by atoms with Crippen LogP contribution in [-0.4, -0.2) is 17.6 Å². The number of carbonyl (C=O) groups excluding carboxylic acids is 2. The van der Waals surface area contributed by atoms with E-state index >= 15 is 0 Å². The molecule has 4 aromatic carbocycles. The zero-order valence-electron chi connectivity index (χ0n) is 21.3. The Bertz CT molecular complexity index is 1630. The Morgan fingerprint density at radius 2 is 1.54 bits per heavy atom. The van der Waals surface area contributed by atoms with E-state index in [0.717, 1.165) is 22.0 Å². The maximum absolute atomic E-state index is 13.5. The number of benzene rings is 4. The van der Waals surface area contributed by atoms with Crippen LogP contribution in [0.1, 0.15) is 18.4 Å². The van der Waals surface area contributed by atoms with Crippen molar-refractivity contribution in [1.82, 2.24) is 5.32 Å². The van der Waals surface area contributed by atoms with E-state index in [9.17, 15) is 14.9 Å². The Labute approximate surface area is 231 Å². The van der Waals surface area contributed by atoms with Gasteiger partial charge in [0.2, 0.25) is 5.91 Å². The summed E-state index contributed by atoms with van der Waals surface area (Å²) in [4.78, 5) is 26.5. The van der Waals surface area contributed by atoms with Crippen LogP contribution in [0.5, 0.6) is 0 Å². The van der Waals surface area contributed by atoms with Crippen molar-refractivity contribution in [3.8, 4) is 6.07 Å². The fourth-order valence-corrected chi connectivity index (χ4v) is 5.58. The molecule has 7 heteroatoms. The van der Waals surface area contributed by atoms with Gasteiger partial charge < -0.3 is 16.0 Å². The smallest absolute Gasteiger partial charge is 0.254 e. The number of rotatable bonds is 7. The van der Waals surface area contributed by atoms with Crippen LogP contribution >= 0.6 is 11.8 Å². The number of amides is 2. The first-order chi connectivity index (χ1) is 19.0. The van der Waals surface area contributed by atoms with Crippen LogP contribution in [0.2, 0.25) is 0 Å². The molecule has 0 saturated heterocycles. The fourth-order valence-electron chi connectivity index (χ4n) is 4.68. The second kappa shape index (κ2) is 11.7. The van der Waals surface area contributed by atoms with Gasteiger partial charge in [-0.15, -0.1) is 0 Å². The molecule has 1 heterocycles. The molecule has 0 radical (unpaired) electrons. The van der Waals surface area contributed by atoms with Crippen LogP contribution in [0.3, 0.4) is 0 Å². The van der Waals surface area contributed by atoms with Crippen LogP contribution < -0.4 is 16.0 Å². The number of nitrogens with zero attached hydrogens (tertiary/aromatic N) is 1. The summed E-state index contributed by atoms with van der Waals surface area (Å²) in [6, 6.07) is 34.7. The van der Waals surface area contributed by atoms with Gasteiger partial charge in [-0.1, -0.05) is 96.7 Å². The van der Waals surface area contributed by atoms with Crippen molar-refractivity contribution in [1.29, 1.82) is 5.26 Å². The van der Waals surface area contributed by atoms with Crippen LogP contribution in [0.4, 0.5) is 11.4 Å². The summed E-state index contributed by atoms with van der Waals surface area (Å²) >= 11 is 1.25. The van der Waals surface area contributed by atoms with E-state index in [2.05, 4.69) is 22.0 Å². The Morgan fingerprint density at radius 1 is 0.872 bits per heavy atom. The first kappa shape index (κ1) is 25.8. The highest BCUT2D eigenvalue weighted by molar-refractivity contribution is 8.03. The maximum atomic E-state index is 13.5.